The van der Waals surface area contributed by atoms with Gasteiger partial charge in [0, 0.05) is 13.1 Å². The first-order valence-corrected chi connectivity index (χ1v) is 7.73. The van der Waals surface area contributed by atoms with Gasteiger partial charge in [-0.05, 0) is 11.4 Å². The van der Waals surface area contributed by atoms with Crippen LogP contribution in [-0.4, -0.2) is 45.6 Å². The van der Waals surface area contributed by atoms with Crippen molar-refractivity contribution in [2.75, 3.05) is 24.6 Å². The predicted octanol–water partition coefficient (Wildman–Crippen LogP) is 0.917. The lowest BCUT2D eigenvalue weighted by molar-refractivity contribution is -0.124. The molecule has 3 rings (SSSR count). The van der Waals surface area contributed by atoms with Gasteiger partial charge in [0.05, 0.1) is 11.1 Å². The average molecular weight is 309 g/mol. The molecule has 1 aliphatic heterocycles. The highest BCUT2D eigenvalue weighted by Crippen LogP contribution is 2.26. The first kappa shape index (κ1) is 13.1. The number of anilines is 1. The summed E-state index contributed by atoms with van der Waals surface area (Å²) in [5, 5.41) is 5.75. The van der Waals surface area contributed by atoms with Crippen molar-refractivity contribution in [3.8, 4) is 0 Å². The van der Waals surface area contributed by atoms with Crippen molar-refractivity contribution < 1.29 is 9.59 Å². The van der Waals surface area contributed by atoms with Gasteiger partial charge in [-0.3, -0.25) is 9.69 Å². The zero-order chi connectivity index (χ0) is 14.1. The van der Waals surface area contributed by atoms with E-state index in [1.165, 1.54) is 28.0 Å². The first-order chi connectivity index (χ1) is 9.65. The van der Waals surface area contributed by atoms with Gasteiger partial charge < -0.3 is 11.1 Å². The molecule has 3 N–H and O–H groups in total. The lowest BCUT2D eigenvalue weighted by Crippen LogP contribution is -2.35. The van der Waals surface area contributed by atoms with Crippen LogP contribution in [0, 0.1) is 0 Å². The summed E-state index contributed by atoms with van der Waals surface area (Å²) in [7, 11) is 0. The fraction of sp³-hybridized carbons (Fsp3) is 0.273. The van der Waals surface area contributed by atoms with E-state index in [-0.39, 0.29) is 17.7 Å². The van der Waals surface area contributed by atoms with Crippen LogP contribution in [0.25, 0.3) is 10.2 Å². The number of carbonyl (C=O) groups is 2. The van der Waals surface area contributed by atoms with E-state index in [9.17, 15) is 9.59 Å². The van der Waals surface area contributed by atoms with Crippen LogP contribution in [0.1, 0.15) is 0 Å². The number of thiophene rings is 1. The third-order valence-electron chi connectivity index (χ3n) is 2.82. The SMILES string of the molecule is Nc1nc(SCC(=O)N2CCNC2=O)nc2sccc12. The van der Waals surface area contributed by atoms with E-state index in [2.05, 4.69) is 15.3 Å². The third-order valence-corrected chi connectivity index (χ3v) is 4.46. The minimum Gasteiger partial charge on any atom is -0.383 e. The highest BCUT2D eigenvalue weighted by Gasteiger charge is 2.26. The molecule has 0 aliphatic carbocycles. The Labute approximate surface area is 122 Å². The van der Waals surface area contributed by atoms with E-state index in [1.54, 1.807) is 0 Å². The number of hydrogen-bond donors (Lipinski definition) is 2. The Morgan fingerprint density at radius 2 is 2.40 bits per heavy atom. The van der Waals surface area contributed by atoms with E-state index in [4.69, 9.17) is 5.73 Å². The molecule has 0 spiro atoms. The zero-order valence-corrected chi connectivity index (χ0v) is 12.0. The molecule has 1 saturated heterocycles. The van der Waals surface area contributed by atoms with Gasteiger partial charge in [-0.2, -0.15) is 0 Å². The highest BCUT2D eigenvalue weighted by molar-refractivity contribution is 7.99. The van der Waals surface area contributed by atoms with Crippen molar-refractivity contribution in [3.63, 3.8) is 0 Å². The van der Waals surface area contributed by atoms with Gasteiger partial charge in [0.15, 0.2) is 5.16 Å². The number of rotatable bonds is 3. The van der Waals surface area contributed by atoms with E-state index in [1.807, 2.05) is 11.4 Å². The number of hydrogen-bond acceptors (Lipinski definition) is 7. The maximum Gasteiger partial charge on any atom is 0.324 e. The largest absolute Gasteiger partial charge is 0.383 e. The van der Waals surface area contributed by atoms with Crippen LogP contribution in [0.15, 0.2) is 16.6 Å². The fourth-order valence-electron chi connectivity index (χ4n) is 1.84. The Balaban J connectivity index is 1.70. The minimum absolute atomic E-state index is 0.115. The topological polar surface area (TPSA) is 101 Å². The predicted molar refractivity (Wildman–Crippen MR) is 77.7 cm³/mol. The second-order valence-electron chi connectivity index (χ2n) is 4.10. The molecule has 0 saturated carbocycles. The molecule has 3 amide bonds. The summed E-state index contributed by atoms with van der Waals surface area (Å²) >= 11 is 2.65. The van der Waals surface area contributed by atoms with Crippen molar-refractivity contribution in [3.05, 3.63) is 11.4 Å². The second-order valence-corrected chi connectivity index (χ2v) is 5.93. The lowest BCUT2D eigenvalue weighted by atomic mass is 10.4. The van der Waals surface area contributed by atoms with Gasteiger partial charge in [-0.15, -0.1) is 11.3 Å². The van der Waals surface area contributed by atoms with Gasteiger partial charge in [0.2, 0.25) is 5.91 Å². The Kier molecular flexibility index (Phi) is 3.45. The molecule has 0 bridgehead atoms. The molecule has 1 aliphatic rings. The van der Waals surface area contributed by atoms with Crippen LogP contribution in [0.3, 0.4) is 0 Å². The summed E-state index contributed by atoms with van der Waals surface area (Å²) in [4.78, 5) is 33.7. The highest BCUT2D eigenvalue weighted by atomic mass is 32.2. The second kappa shape index (κ2) is 5.25. The van der Waals surface area contributed by atoms with Crippen molar-refractivity contribution >= 4 is 51.1 Å². The molecular formula is C11H11N5O2S2. The first-order valence-electron chi connectivity index (χ1n) is 5.87. The Morgan fingerprint density at radius 1 is 1.55 bits per heavy atom. The number of urea groups is 1. The standard InChI is InChI=1S/C11H11N5O2S2/c12-8-6-1-4-19-9(6)15-10(14-8)20-5-7(17)16-3-2-13-11(16)18/h1,4H,2-3,5H2,(H,13,18)(H2,12,14,15). The third kappa shape index (κ3) is 2.41. The number of nitrogen functional groups attached to an aromatic ring is 1. The number of amides is 3. The summed E-state index contributed by atoms with van der Waals surface area (Å²) < 4.78 is 0. The van der Waals surface area contributed by atoms with Crippen LogP contribution < -0.4 is 11.1 Å². The summed E-state index contributed by atoms with van der Waals surface area (Å²) in [6.07, 6.45) is 0. The summed E-state index contributed by atoms with van der Waals surface area (Å²) in [6, 6.07) is 1.52. The Morgan fingerprint density at radius 3 is 3.15 bits per heavy atom. The van der Waals surface area contributed by atoms with Crippen molar-refractivity contribution in [2.45, 2.75) is 5.16 Å². The van der Waals surface area contributed by atoms with E-state index < -0.39 is 0 Å². The summed E-state index contributed by atoms with van der Waals surface area (Å²) in [6.45, 7) is 0.908. The van der Waals surface area contributed by atoms with Gasteiger partial charge in [0.1, 0.15) is 10.6 Å². The number of nitrogens with zero attached hydrogens (tertiary/aromatic N) is 3. The molecule has 0 radical (unpaired) electrons. The molecule has 9 heteroatoms. The smallest absolute Gasteiger partial charge is 0.324 e. The van der Waals surface area contributed by atoms with Crippen LogP contribution in [0.5, 0.6) is 0 Å². The minimum atomic E-state index is -0.343. The molecule has 104 valence electrons. The van der Waals surface area contributed by atoms with Crippen LogP contribution >= 0.6 is 23.1 Å². The summed E-state index contributed by atoms with van der Waals surface area (Å²) in [5.41, 5.74) is 5.83. The van der Waals surface area contributed by atoms with Gasteiger partial charge in [-0.25, -0.2) is 14.8 Å². The Bertz CT molecular complexity index is 687. The number of imide groups is 1. The molecule has 2 aromatic rings. The van der Waals surface area contributed by atoms with E-state index in [0.29, 0.717) is 24.1 Å². The average Bonchev–Trinajstić information content (AvgIpc) is 3.04. The number of nitrogens with one attached hydrogen (secondary N) is 1. The molecule has 2 aromatic heterocycles. The fourth-order valence-corrected chi connectivity index (χ4v) is 3.39. The zero-order valence-electron chi connectivity index (χ0n) is 10.3. The molecule has 0 unspecified atom stereocenters. The summed E-state index contributed by atoms with van der Waals surface area (Å²) in [5.74, 6) is 0.271. The van der Waals surface area contributed by atoms with Crippen molar-refractivity contribution in [1.29, 1.82) is 0 Å². The number of carbonyl (C=O) groups excluding carboxylic acids is 2. The molecule has 1 fully saturated rings. The van der Waals surface area contributed by atoms with Crippen LogP contribution in [-0.2, 0) is 4.79 Å². The van der Waals surface area contributed by atoms with Gasteiger partial charge >= 0.3 is 6.03 Å². The molecule has 3 heterocycles. The molecule has 7 nitrogen and oxygen atoms in total. The maximum atomic E-state index is 11.9. The van der Waals surface area contributed by atoms with Crippen molar-refractivity contribution in [1.82, 2.24) is 20.2 Å². The normalized spacial score (nSPS) is 14.8. The Hall–Kier alpha value is -1.87. The van der Waals surface area contributed by atoms with Gasteiger partial charge in [0.25, 0.3) is 0 Å². The number of aromatic nitrogens is 2. The van der Waals surface area contributed by atoms with E-state index in [0.717, 1.165) is 10.2 Å². The monoisotopic (exact) mass is 309 g/mol. The number of nitrogens with two attached hydrogens (primary N) is 1. The lowest BCUT2D eigenvalue weighted by Gasteiger charge is -2.11. The molecule has 0 atom stereocenters. The van der Waals surface area contributed by atoms with Crippen LogP contribution in [0.2, 0.25) is 0 Å². The van der Waals surface area contributed by atoms with Gasteiger partial charge in [-0.1, -0.05) is 11.8 Å². The molecule has 0 aromatic carbocycles. The molecular weight excluding hydrogens is 298 g/mol. The number of fused-ring (bicyclic) bond motifs is 1. The maximum absolute atomic E-state index is 11.9. The number of thioether (sulfide) groups is 1. The van der Waals surface area contributed by atoms with E-state index >= 15 is 0 Å². The molecule has 20 heavy (non-hydrogen) atoms. The van der Waals surface area contributed by atoms with Crippen LogP contribution in [0.4, 0.5) is 10.6 Å². The quantitative estimate of drug-likeness (QED) is 0.646. The van der Waals surface area contributed by atoms with Crippen molar-refractivity contribution in [2.24, 2.45) is 0 Å².